The van der Waals surface area contributed by atoms with E-state index in [1.807, 2.05) is 42.5 Å². The molecule has 174 valence electrons. The van der Waals surface area contributed by atoms with E-state index >= 15 is 0 Å². The van der Waals surface area contributed by atoms with Crippen molar-refractivity contribution in [3.05, 3.63) is 100 Å². The lowest BCUT2D eigenvalue weighted by atomic mass is 10.1. The van der Waals surface area contributed by atoms with Crippen molar-refractivity contribution >= 4 is 50.8 Å². The summed E-state index contributed by atoms with van der Waals surface area (Å²) in [6.07, 6.45) is 0.604. The van der Waals surface area contributed by atoms with E-state index in [1.165, 1.54) is 12.1 Å². The van der Waals surface area contributed by atoms with E-state index in [-0.39, 0.29) is 24.1 Å². The molecule has 1 unspecified atom stereocenters. The second kappa shape index (κ2) is 10.9. The van der Waals surface area contributed by atoms with Crippen LogP contribution in [-0.4, -0.2) is 39.3 Å². The van der Waals surface area contributed by atoms with Gasteiger partial charge in [-0.05, 0) is 66.2 Å². The van der Waals surface area contributed by atoms with Gasteiger partial charge in [0.25, 0.3) is 5.91 Å². The summed E-state index contributed by atoms with van der Waals surface area (Å²) in [5.41, 5.74) is 2.55. The molecule has 3 aromatic rings. The monoisotopic (exact) mass is 539 g/mol. The molecule has 2 amide bonds. The predicted molar refractivity (Wildman–Crippen MR) is 138 cm³/mol. The molecule has 1 aliphatic rings. The molecule has 0 aliphatic carbocycles. The first-order valence-electron chi connectivity index (χ1n) is 10.9. The number of thiocarbonyl (C=S) groups is 1. The minimum atomic E-state index is -0.733. The van der Waals surface area contributed by atoms with E-state index in [1.54, 1.807) is 34.1 Å². The van der Waals surface area contributed by atoms with Crippen molar-refractivity contribution in [3.8, 4) is 0 Å². The summed E-state index contributed by atoms with van der Waals surface area (Å²) in [5.74, 6) is -0.815. The first-order valence-corrected chi connectivity index (χ1v) is 12.1. The van der Waals surface area contributed by atoms with E-state index in [9.17, 15) is 14.0 Å². The van der Waals surface area contributed by atoms with Gasteiger partial charge in [-0.1, -0.05) is 58.4 Å². The third kappa shape index (κ3) is 5.87. The largest absolute Gasteiger partial charge is 0.332 e. The van der Waals surface area contributed by atoms with Gasteiger partial charge in [0.15, 0.2) is 5.11 Å². The zero-order chi connectivity index (χ0) is 24.1. The SMILES string of the molecule is O=C(CC1C(=O)N(CCc2ccccc2)C(=S)N1Cc1ccc(F)cc1)Nc1ccc(Br)cc1. The zero-order valence-corrected chi connectivity index (χ0v) is 20.7. The number of rotatable bonds is 8. The standard InChI is InChI=1S/C26H23BrFN3O2S/c27-20-8-12-22(13-9-20)29-24(32)16-23-25(33)30(15-14-18-4-2-1-3-5-18)26(34)31(23)17-19-6-10-21(28)11-7-19/h1-13,23H,14-17H2,(H,29,32). The molecule has 0 spiro atoms. The average molecular weight is 540 g/mol. The molecule has 3 aromatic carbocycles. The van der Waals surface area contributed by atoms with Crippen molar-refractivity contribution in [1.82, 2.24) is 9.80 Å². The topological polar surface area (TPSA) is 52.7 Å². The Kier molecular flexibility index (Phi) is 7.70. The molecule has 0 aromatic heterocycles. The van der Waals surface area contributed by atoms with Crippen molar-refractivity contribution in [2.24, 2.45) is 0 Å². The zero-order valence-electron chi connectivity index (χ0n) is 18.3. The summed E-state index contributed by atoms with van der Waals surface area (Å²) in [5, 5.41) is 3.23. The van der Waals surface area contributed by atoms with Gasteiger partial charge in [-0.15, -0.1) is 0 Å². The maximum absolute atomic E-state index is 13.4. The summed E-state index contributed by atoms with van der Waals surface area (Å²) in [6.45, 7) is 0.731. The van der Waals surface area contributed by atoms with Gasteiger partial charge >= 0.3 is 0 Å². The van der Waals surface area contributed by atoms with E-state index in [2.05, 4.69) is 21.2 Å². The van der Waals surface area contributed by atoms with E-state index in [4.69, 9.17) is 12.2 Å². The molecule has 0 bridgehead atoms. The van der Waals surface area contributed by atoms with Crippen LogP contribution in [0.15, 0.2) is 83.3 Å². The number of nitrogens with one attached hydrogen (secondary N) is 1. The third-order valence-electron chi connectivity index (χ3n) is 5.64. The molecule has 1 fully saturated rings. The number of hydrogen-bond acceptors (Lipinski definition) is 3. The quantitative estimate of drug-likeness (QED) is 0.402. The van der Waals surface area contributed by atoms with Crippen molar-refractivity contribution < 1.29 is 14.0 Å². The molecular formula is C26H23BrFN3O2S. The van der Waals surface area contributed by atoms with Gasteiger partial charge < -0.3 is 10.2 Å². The Morgan fingerprint density at radius 3 is 2.32 bits per heavy atom. The Hall–Kier alpha value is -3.10. The maximum Gasteiger partial charge on any atom is 0.252 e. The lowest BCUT2D eigenvalue weighted by Crippen LogP contribution is -2.37. The highest BCUT2D eigenvalue weighted by Gasteiger charge is 2.43. The maximum atomic E-state index is 13.4. The minimum absolute atomic E-state index is 0.0436. The van der Waals surface area contributed by atoms with Crippen molar-refractivity contribution in [2.75, 3.05) is 11.9 Å². The van der Waals surface area contributed by atoms with Crippen LogP contribution in [0, 0.1) is 5.82 Å². The van der Waals surface area contributed by atoms with Gasteiger partial charge in [-0.3, -0.25) is 14.5 Å². The first-order chi connectivity index (χ1) is 16.4. The van der Waals surface area contributed by atoms with E-state index in [0.717, 1.165) is 15.6 Å². The van der Waals surface area contributed by atoms with Gasteiger partial charge in [0, 0.05) is 23.2 Å². The van der Waals surface area contributed by atoms with Crippen LogP contribution < -0.4 is 5.32 Å². The highest BCUT2D eigenvalue weighted by Crippen LogP contribution is 2.25. The number of halogens is 2. The summed E-state index contributed by atoms with van der Waals surface area (Å²) in [4.78, 5) is 29.5. The molecule has 1 saturated heterocycles. The molecule has 5 nitrogen and oxygen atoms in total. The van der Waals surface area contributed by atoms with Gasteiger partial charge in [0.1, 0.15) is 11.9 Å². The summed E-state index contributed by atoms with van der Waals surface area (Å²) in [6, 6.07) is 22.4. The number of benzene rings is 3. The Bertz CT molecular complexity index is 1170. The number of carbonyl (C=O) groups is 2. The van der Waals surface area contributed by atoms with E-state index < -0.39 is 6.04 Å². The molecule has 8 heteroatoms. The van der Waals surface area contributed by atoms with Gasteiger partial charge in [0.05, 0.1) is 6.42 Å². The predicted octanol–water partition coefficient (Wildman–Crippen LogP) is 5.16. The highest BCUT2D eigenvalue weighted by atomic mass is 79.9. The average Bonchev–Trinajstić information content (AvgIpc) is 3.05. The number of anilines is 1. The van der Waals surface area contributed by atoms with Gasteiger partial charge in [-0.25, -0.2) is 4.39 Å². The first kappa shape index (κ1) is 24.0. The van der Waals surface area contributed by atoms with Crippen LogP contribution in [0.5, 0.6) is 0 Å². The molecule has 1 N–H and O–H groups in total. The molecule has 1 heterocycles. The fourth-order valence-corrected chi connectivity index (χ4v) is 4.51. The number of hydrogen-bond donors (Lipinski definition) is 1. The van der Waals surface area contributed by atoms with Crippen molar-refractivity contribution in [2.45, 2.75) is 25.4 Å². The molecule has 4 rings (SSSR count). The fraction of sp³-hybridized carbons (Fsp3) is 0.192. The number of amides is 2. The molecular weight excluding hydrogens is 517 g/mol. The van der Waals surface area contributed by atoms with Gasteiger partial charge in [0.2, 0.25) is 5.91 Å². The van der Waals surface area contributed by atoms with Crippen LogP contribution in [-0.2, 0) is 22.6 Å². The van der Waals surface area contributed by atoms with Crippen LogP contribution in [0.25, 0.3) is 0 Å². The summed E-state index contributed by atoms with van der Waals surface area (Å²) >= 11 is 9.04. The number of nitrogens with zero attached hydrogens (tertiary/aromatic N) is 2. The lowest BCUT2D eigenvalue weighted by molar-refractivity contribution is -0.130. The normalized spacial score (nSPS) is 15.6. The summed E-state index contributed by atoms with van der Waals surface area (Å²) < 4.78 is 14.3. The van der Waals surface area contributed by atoms with Crippen LogP contribution in [0.1, 0.15) is 17.5 Å². The Labute approximate surface area is 211 Å². The van der Waals surface area contributed by atoms with E-state index in [0.29, 0.717) is 30.3 Å². The number of carbonyl (C=O) groups excluding carboxylic acids is 2. The van der Waals surface area contributed by atoms with Crippen molar-refractivity contribution in [1.29, 1.82) is 0 Å². The Morgan fingerprint density at radius 1 is 0.971 bits per heavy atom. The molecule has 1 aliphatic heterocycles. The van der Waals surface area contributed by atoms with Crippen LogP contribution in [0.3, 0.4) is 0 Å². The highest BCUT2D eigenvalue weighted by molar-refractivity contribution is 9.10. The molecule has 1 atom stereocenters. The lowest BCUT2D eigenvalue weighted by Gasteiger charge is -2.24. The Balaban J connectivity index is 1.51. The van der Waals surface area contributed by atoms with Crippen molar-refractivity contribution in [3.63, 3.8) is 0 Å². The Morgan fingerprint density at radius 2 is 1.65 bits per heavy atom. The molecule has 0 radical (unpaired) electrons. The van der Waals surface area contributed by atoms with Crippen LogP contribution >= 0.6 is 28.1 Å². The van der Waals surface area contributed by atoms with Crippen LogP contribution in [0.2, 0.25) is 0 Å². The van der Waals surface area contributed by atoms with Crippen LogP contribution in [0.4, 0.5) is 10.1 Å². The second-order valence-corrected chi connectivity index (χ2v) is 9.32. The second-order valence-electron chi connectivity index (χ2n) is 8.04. The molecule has 0 saturated carbocycles. The smallest absolute Gasteiger partial charge is 0.252 e. The molecule has 34 heavy (non-hydrogen) atoms. The minimum Gasteiger partial charge on any atom is -0.332 e. The third-order valence-corrected chi connectivity index (χ3v) is 6.63. The van der Waals surface area contributed by atoms with Gasteiger partial charge in [-0.2, -0.15) is 0 Å². The summed E-state index contributed by atoms with van der Waals surface area (Å²) in [7, 11) is 0. The fourth-order valence-electron chi connectivity index (χ4n) is 3.87.